The molecule has 2 atom stereocenters. The Hall–Kier alpha value is -5.27. The lowest BCUT2D eigenvalue weighted by Gasteiger charge is -2.21. The molecule has 3 aromatic carbocycles. The van der Waals surface area contributed by atoms with E-state index in [0.29, 0.717) is 22.7 Å². The van der Waals surface area contributed by atoms with Gasteiger partial charge >= 0.3 is 11.9 Å². The number of aliphatic imine (C=N–C) groups is 1. The smallest absolute Gasteiger partial charge is 0.328 e. The number of carboxylic acid groups (broad SMARTS) is 1. The Balaban J connectivity index is 0.00000105. The van der Waals surface area contributed by atoms with E-state index in [9.17, 15) is 18.8 Å². The van der Waals surface area contributed by atoms with E-state index >= 15 is 0 Å². The molecular weight excluding hydrogens is 667 g/mol. The van der Waals surface area contributed by atoms with Gasteiger partial charge in [-0.2, -0.15) is 5.10 Å². The van der Waals surface area contributed by atoms with Gasteiger partial charge in [0.25, 0.3) is 5.91 Å². The summed E-state index contributed by atoms with van der Waals surface area (Å²) in [5.41, 5.74) is 14.2. The molecule has 2 heterocycles. The second-order valence-corrected chi connectivity index (χ2v) is 11.1. The van der Waals surface area contributed by atoms with Crippen LogP contribution in [0.15, 0.2) is 78.0 Å². The van der Waals surface area contributed by atoms with Crippen LogP contribution in [-0.2, 0) is 14.3 Å². The SMILES string of the molecule is CC.CCCN.COC(=O)C1CC(Oc2cccc(-c3cccc(N)c3C=NCC(=O)O)c2)CN1C(=O)c1cnn(-c2ccc(F)cc2Cl)c1. The average molecular weight is 709 g/mol. The van der Waals surface area contributed by atoms with Gasteiger partial charge in [-0.1, -0.05) is 56.6 Å². The molecule has 1 saturated heterocycles. The van der Waals surface area contributed by atoms with Crippen LogP contribution >= 0.6 is 11.6 Å². The van der Waals surface area contributed by atoms with Crippen LogP contribution in [0.1, 0.15) is 49.5 Å². The monoisotopic (exact) mass is 708 g/mol. The number of nitrogens with zero attached hydrogens (tertiary/aromatic N) is 4. The number of nitrogen functional groups attached to an aromatic ring is 1. The number of amides is 1. The van der Waals surface area contributed by atoms with Crippen molar-refractivity contribution in [3.63, 3.8) is 0 Å². The fourth-order valence-corrected chi connectivity index (χ4v) is 5.24. The summed E-state index contributed by atoms with van der Waals surface area (Å²) in [5.74, 6) is -2.13. The van der Waals surface area contributed by atoms with Crippen LogP contribution in [0.3, 0.4) is 0 Å². The Morgan fingerprint density at radius 3 is 2.52 bits per heavy atom. The molecule has 14 heteroatoms. The molecule has 1 aliphatic heterocycles. The first-order valence-electron chi connectivity index (χ1n) is 16.0. The quantitative estimate of drug-likeness (QED) is 0.107. The second-order valence-electron chi connectivity index (χ2n) is 10.7. The third-order valence-corrected chi connectivity index (χ3v) is 7.61. The Kier molecular flexibility index (Phi) is 14.9. The maximum Gasteiger partial charge on any atom is 0.328 e. The summed E-state index contributed by atoms with van der Waals surface area (Å²) in [6.45, 7) is 6.58. The fraction of sp³-hybridized carbons (Fsp3) is 0.306. The van der Waals surface area contributed by atoms with Crippen molar-refractivity contribution >= 4 is 41.3 Å². The van der Waals surface area contributed by atoms with E-state index in [2.05, 4.69) is 17.0 Å². The van der Waals surface area contributed by atoms with E-state index in [1.54, 1.807) is 30.3 Å². The van der Waals surface area contributed by atoms with E-state index in [-0.39, 0.29) is 23.6 Å². The summed E-state index contributed by atoms with van der Waals surface area (Å²) in [6.07, 6.45) is 4.97. The van der Waals surface area contributed by atoms with Crippen molar-refractivity contribution < 1.29 is 33.4 Å². The number of methoxy groups -OCH3 is 1. The van der Waals surface area contributed by atoms with Gasteiger partial charge in [-0.25, -0.2) is 13.9 Å². The zero-order valence-electron chi connectivity index (χ0n) is 28.4. The maximum atomic E-state index is 13.6. The van der Waals surface area contributed by atoms with Crippen LogP contribution in [0, 0.1) is 5.82 Å². The number of anilines is 1. The predicted molar refractivity (Wildman–Crippen MR) is 191 cm³/mol. The summed E-state index contributed by atoms with van der Waals surface area (Å²) in [6, 6.07) is 15.4. The minimum atomic E-state index is -1.06. The molecule has 266 valence electrons. The van der Waals surface area contributed by atoms with Crippen LogP contribution in [-0.4, -0.2) is 82.7 Å². The largest absolute Gasteiger partial charge is 0.488 e. The van der Waals surface area contributed by atoms with Crippen molar-refractivity contribution in [1.29, 1.82) is 0 Å². The van der Waals surface area contributed by atoms with Crippen molar-refractivity contribution in [2.75, 3.05) is 32.5 Å². The third kappa shape index (κ3) is 10.1. The number of nitrogens with two attached hydrogens (primary N) is 2. The number of halogens is 2. The zero-order valence-corrected chi connectivity index (χ0v) is 29.1. The number of carbonyl (C=O) groups is 3. The lowest BCUT2D eigenvalue weighted by atomic mass is 9.98. The molecule has 0 saturated carbocycles. The zero-order chi connectivity index (χ0) is 36.8. The molecule has 50 heavy (non-hydrogen) atoms. The Labute approximate surface area is 295 Å². The molecule has 1 fully saturated rings. The fourth-order valence-electron chi connectivity index (χ4n) is 4.99. The number of ether oxygens (including phenoxy) is 2. The Morgan fingerprint density at radius 2 is 1.86 bits per heavy atom. The average Bonchev–Trinajstić information content (AvgIpc) is 3.77. The molecule has 0 radical (unpaired) electrons. The molecule has 0 spiro atoms. The van der Waals surface area contributed by atoms with Gasteiger partial charge in [0.1, 0.15) is 30.3 Å². The van der Waals surface area contributed by atoms with Crippen molar-refractivity contribution in [3.8, 4) is 22.6 Å². The molecular formula is C36H42ClFN6O6. The molecule has 4 aromatic rings. The standard InChI is InChI=1S/C31H27ClFN5O6.C3H9N.C2H6/c1-43-31(42)28-12-22(17-37(28)30(41)19-13-36-38(16-19)27-9-8-20(33)11-25(27)32)44-21-5-2-4-18(10-21)23-6-3-7-26(34)24(23)14-35-15-29(39)40;1-2-3-4;1-2/h2-11,13-14,16,22,28H,12,15,17,34H2,1H3,(H,39,40);2-4H2,1H3;1-2H3. The van der Waals surface area contributed by atoms with Gasteiger partial charge in [-0.05, 0) is 60.5 Å². The van der Waals surface area contributed by atoms with Crippen LogP contribution in [0.2, 0.25) is 5.02 Å². The highest BCUT2D eigenvalue weighted by Gasteiger charge is 2.42. The van der Waals surface area contributed by atoms with E-state index in [4.69, 9.17) is 37.6 Å². The number of aromatic nitrogens is 2. The van der Waals surface area contributed by atoms with Gasteiger partial charge in [-0.3, -0.25) is 14.6 Å². The summed E-state index contributed by atoms with van der Waals surface area (Å²) in [7, 11) is 1.25. The number of hydrogen-bond donors (Lipinski definition) is 3. The van der Waals surface area contributed by atoms with E-state index in [0.717, 1.165) is 30.2 Å². The minimum absolute atomic E-state index is 0.0939. The highest BCUT2D eigenvalue weighted by molar-refractivity contribution is 6.32. The normalized spacial score (nSPS) is 15.1. The first-order chi connectivity index (χ1) is 24.1. The summed E-state index contributed by atoms with van der Waals surface area (Å²) >= 11 is 6.15. The summed E-state index contributed by atoms with van der Waals surface area (Å²) in [5, 5.41) is 13.2. The highest BCUT2D eigenvalue weighted by atomic mass is 35.5. The van der Waals surface area contributed by atoms with Crippen molar-refractivity contribution in [1.82, 2.24) is 14.7 Å². The number of likely N-dealkylation sites (tertiary alicyclic amines) is 1. The number of benzene rings is 3. The van der Waals surface area contributed by atoms with Crippen LogP contribution < -0.4 is 16.2 Å². The number of carbonyl (C=O) groups excluding carboxylic acids is 2. The minimum Gasteiger partial charge on any atom is -0.488 e. The Bertz CT molecular complexity index is 1800. The van der Waals surface area contributed by atoms with E-state index in [1.165, 1.54) is 47.4 Å². The molecule has 1 amide bonds. The molecule has 1 aliphatic rings. The Morgan fingerprint density at radius 1 is 1.14 bits per heavy atom. The number of hydrogen-bond acceptors (Lipinski definition) is 9. The molecule has 1 aromatic heterocycles. The van der Waals surface area contributed by atoms with Crippen LogP contribution in [0.5, 0.6) is 5.75 Å². The molecule has 2 unspecified atom stereocenters. The maximum absolute atomic E-state index is 13.6. The van der Waals surface area contributed by atoms with Gasteiger partial charge in [0.2, 0.25) is 0 Å². The van der Waals surface area contributed by atoms with Crippen molar-refractivity contribution in [2.24, 2.45) is 10.7 Å². The lowest BCUT2D eigenvalue weighted by Crippen LogP contribution is -2.41. The topological polar surface area (TPSA) is 175 Å². The van der Waals surface area contributed by atoms with Crippen LogP contribution in [0.4, 0.5) is 10.1 Å². The number of carboxylic acids is 1. The van der Waals surface area contributed by atoms with Crippen molar-refractivity contribution in [3.05, 3.63) is 95.0 Å². The molecule has 0 bridgehead atoms. The third-order valence-electron chi connectivity index (χ3n) is 7.31. The van der Waals surface area contributed by atoms with Gasteiger partial charge in [-0.15, -0.1) is 0 Å². The molecule has 0 aliphatic carbocycles. The van der Waals surface area contributed by atoms with Gasteiger partial charge in [0.15, 0.2) is 0 Å². The van der Waals surface area contributed by atoms with E-state index < -0.39 is 42.4 Å². The lowest BCUT2D eigenvalue weighted by molar-refractivity contribution is -0.145. The number of aliphatic carboxylic acids is 1. The first kappa shape index (κ1) is 39.2. The number of esters is 1. The van der Waals surface area contributed by atoms with Gasteiger partial charge < -0.3 is 30.9 Å². The van der Waals surface area contributed by atoms with E-state index in [1.807, 2.05) is 26.0 Å². The summed E-state index contributed by atoms with van der Waals surface area (Å²) in [4.78, 5) is 42.5. The predicted octanol–water partition coefficient (Wildman–Crippen LogP) is 5.63. The molecule has 5 rings (SSSR count). The molecule has 12 nitrogen and oxygen atoms in total. The first-order valence-corrected chi connectivity index (χ1v) is 16.4. The van der Waals surface area contributed by atoms with Crippen LogP contribution in [0.25, 0.3) is 16.8 Å². The van der Waals surface area contributed by atoms with Gasteiger partial charge in [0, 0.05) is 30.1 Å². The van der Waals surface area contributed by atoms with Crippen molar-refractivity contribution in [2.45, 2.75) is 45.8 Å². The summed E-state index contributed by atoms with van der Waals surface area (Å²) < 4.78 is 26.1. The molecule has 5 N–H and O–H groups in total. The second kappa shape index (κ2) is 19.1. The number of rotatable bonds is 10. The highest BCUT2D eigenvalue weighted by Crippen LogP contribution is 2.32. The van der Waals surface area contributed by atoms with Gasteiger partial charge in [0.05, 0.1) is 36.1 Å².